The van der Waals surface area contributed by atoms with Crippen molar-refractivity contribution in [1.82, 2.24) is 9.97 Å². The fourth-order valence-electron chi connectivity index (χ4n) is 2.74. The molecule has 0 bridgehead atoms. The molecule has 106 valence electrons. The number of nitrogens with one attached hydrogen (secondary N) is 1. The van der Waals surface area contributed by atoms with Gasteiger partial charge in [0.1, 0.15) is 0 Å². The number of aromatic amines is 1. The Bertz CT molecular complexity index is 1020. The van der Waals surface area contributed by atoms with Crippen molar-refractivity contribution < 1.29 is 4.79 Å². The van der Waals surface area contributed by atoms with E-state index in [1.807, 2.05) is 48.7 Å². The van der Waals surface area contributed by atoms with Crippen molar-refractivity contribution in [3.05, 3.63) is 66.4 Å². The SMILES string of the molecule is NC(=O)c1cccc2[nH]c(-c3cnc4ccccc4c3)cc12. The molecule has 0 saturated carbocycles. The van der Waals surface area contributed by atoms with Gasteiger partial charge < -0.3 is 10.7 Å². The van der Waals surface area contributed by atoms with Gasteiger partial charge >= 0.3 is 0 Å². The first kappa shape index (κ1) is 12.6. The van der Waals surface area contributed by atoms with Crippen LogP contribution in [0.5, 0.6) is 0 Å². The number of aromatic nitrogens is 2. The predicted octanol–water partition coefficient (Wildman–Crippen LogP) is 3.48. The molecule has 2 aromatic carbocycles. The molecule has 0 atom stereocenters. The molecule has 0 spiro atoms. The molecule has 4 rings (SSSR count). The maximum atomic E-state index is 11.5. The Hall–Kier alpha value is -3.14. The second-order valence-electron chi connectivity index (χ2n) is 5.23. The number of nitrogens with zero attached hydrogens (tertiary/aromatic N) is 1. The van der Waals surface area contributed by atoms with Gasteiger partial charge in [-0.1, -0.05) is 24.3 Å². The summed E-state index contributed by atoms with van der Waals surface area (Å²) in [6.07, 6.45) is 1.83. The van der Waals surface area contributed by atoms with E-state index in [-0.39, 0.29) is 0 Å². The number of primary amides is 1. The van der Waals surface area contributed by atoms with E-state index in [1.165, 1.54) is 0 Å². The Morgan fingerprint density at radius 1 is 1.05 bits per heavy atom. The lowest BCUT2D eigenvalue weighted by Crippen LogP contribution is -2.10. The summed E-state index contributed by atoms with van der Waals surface area (Å²) >= 11 is 0. The first-order valence-corrected chi connectivity index (χ1v) is 6.99. The van der Waals surface area contributed by atoms with E-state index in [4.69, 9.17) is 5.73 Å². The number of pyridine rings is 1. The van der Waals surface area contributed by atoms with E-state index in [0.717, 1.165) is 33.1 Å². The zero-order valence-corrected chi connectivity index (χ0v) is 11.7. The minimum atomic E-state index is -0.423. The van der Waals surface area contributed by atoms with Crippen molar-refractivity contribution in [3.8, 4) is 11.3 Å². The van der Waals surface area contributed by atoms with Crippen molar-refractivity contribution >= 4 is 27.7 Å². The van der Waals surface area contributed by atoms with E-state index < -0.39 is 5.91 Å². The molecule has 0 radical (unpaired) electrons. The molecule has 0 aliphatic rings. The number of hydrogen-bond donors (Lipinski definition) is 2. The Labute approximate surface area is 126 Å². The minimum absolute atomic E-state index is 0.423. The van der Waals surface area contributed by atoms with Crippen LogP contribution in [0.15, 0.2) is 60.8 Å². The molecule has 4 nitrogen and oxygen atoms in total. The molecule has 0 fully saturated rings. The lowest BCUT2D eigenvalue weighted by atomic mass is 10.1. The number of para-hydroxylation sites is 1. The van der Waals surface area contributed by atoms with Crippen LogP contribution in [0, 0.1) is 0 Å². The largest absolute Gasteiger partial charge is 0.366 e. The van der Waals surface area contributed by atoms with Crippen molar-refractivity contribution in [2.24, 2.45) is 5.73 Å². The average molecular weight is 287 g/mol. The summed E-state index contributed by atoms with van der Waals surface area (Å²) in [5.41, 5.74) is 9.70. The Morgan fingerprint density at radius 2 is 1.91 bits per heavy atom. The summed E-state index contributed by atoms with van der Waals surface area (Å²) < 4.78 is 0. The predicted molar refractivity (Wildman–Crippen MR) is 87.6 cm³/mol. The van der Waals surface area contributed by atoms with Gasteiger partial charge in [-0.2, -0.15) is 0 Å². The molecule has 22 heavy (non-hydrogen) atoms. The van der Waals surface area contributed by atoms with E-state index in [0.29, 0.717) is 5.56 Å². The molecule has 3 N–H and O–H groups in total. The first-order chi connectivity index (χ1) is 10.7. The first-order valence-electron chi connectivity index (χ1n) is 6.99. The van der Waals surface area contributed by atoms with Crippen LogP contribution in [-0.2, 0) is 0 Å². The molecule has 4 aromatic rings. The van der Waals surface area contributed by atoms with Crippen LogP contribution in [0.4, 0.5) is 0 Å². The van der Waals surface area contributed by atoms with Gasteiger partial charge in [0.2, 0.25) is 5.91 Å². The van der Waals surface area contributed by atoms with Gasteiger partial charge in [0.25, 0.3) is 0 Å². The third kappa shape index (κ3) is 1.93. The molecule has 0 aliphatic heterocycles. The van der Waals surface area contributed by atoms with E-state index in [2.05, 4.69) is 16.0 Å². The normalized spacial score (nSPS) is 11.1. The highest BCUT2D eigenvalue weighted by atomic mass is 16.1. The van der Waals surface area contributed by atoms with Crippen molar-refractivity contribution in [2.75, 3.05) is 0 Å². The van der Waals surface area contributed by atoms with E-state index in [9.17, 15) is 4.79 Å². The van der Waals surface area contributed by atoms with Crippen LogP contribution < -0.4 is 5.73 Å². The number of fused-ring (bicyclic) bond motifs is 2. The smallest absolute Gasteiger partial charge is 0.249 e. The number of hydrogen-bond acceptors (Lipinski definition) is 2. The molecule has 0 aliphatic carbocycles. The summed E-state index contributed by atoms with van der Waals surface area (Å²) in [6, 6.07) is 17.5. The molecule has 0 unspecified atom stereocenters. The monoisotopic (exact) mass is 287 g/mol. The fraction of sp³-hybridized carbons (Fsp3) is 0. The maximum absolute atomic E-state index is 11.5. The van der Waals surface area contributed by atoms with Gasteiger partial charge in [0, 0.05) is 39.3 Å². The lowest BCUT2D eigenvalue weighted by molar-refractivity contribution is 0.100. The van der Waals surface area contributed by atoms with Crippen LogP contribution in [0.2, 0.25) is 0 Å². The lowest BCUT2D eigenvalue weighted by Gasteiger charge is -2.00. The van der Waals surface area contributed by atoms with Crippen molar-refractivity contribution in [2.45, 2.75) is 0 Å². The number of benzene rings is 2. The average Bonchev–Trinajstić information content (AvgIpc) is 2.98. The number of carbonyl (C=O) groups is 1. The van der Waals surface area contributed by atoms with Gasteiger partial charge in [-0.3, -0.25) is 9.78 Å². The van der Waals surface area contributed by atoms with Crippen molar-refractivity contribution in [1.29, 1.82) is 0 Å². The number of nitrogens with two attached hydrogens (primary N) is 1. The van der Waals surface area contributed by atoms with Gasteiger partial charge in [-0.15, -0.1) is 0 Å². The highest BCUT2D eigenvalue weighted by Gasteiger charge is 2.10. The Balaban J connectivity index is 1.92. The van der Waals surface area contributed by atoms with Crippen LogP contribution in [0.1, 0.15) is 10.4 Å². The van der Waals surface area contributed by atoms with Gasteiger partial charge in [-0.05, 0) is 30.3 Å². The second kappa shape index (κ2) is 4.70. The van der Waals surface area contributed by atoms with Crippen LogP contribution in [0.3, 0.4) is 0 Å². The fourth-order valence-corrected chi connectivity index (χ4v) is 2.74. The maximum Gasteiger partial charge on any atom is 0.249 e. The number of amides is 1. The van der Waals surface area contributed by atoms with Crippen LogP contribution in [-0.4, -0.2) is 15.9 Å². The number of carbonyl (C=O) groups excluding carboxylic acids is 1. The standard InChI is InChI=1S/C18H13N3O/c19-18(22)13-5-3-7-16-14(13)9-17(21-16)12-8-11-4-1-2-6-15(11)20-10-12/h1-10,21H,(H2,19,22). The highest BCUT2D eigenvalue weighted by Crippen LogP contribution is 2.27. The molecule has 2 heterocycles. The third-order valence-corrected chi connectivity index (χ3v) is 3.83. The summed E-state index contributed by atoms with van der Waals surface area (Å²) in [5, 5.41) is 1.91. The van der Waals surface area contributed by atoms with Gasteiger partial charge in [0.05, 0.1) is 5.52 Å². The summed E-state index contributed by atoms with van der Waals surface area (Å²) in [4.78, 5) is 19.3. The molecule has 0 saturated heterocycles. The van der Waals surface area contributed by atoms with Gasteiger partial charge in [-0.25, -0.2) is 0 Å². The molecular formula is C18H13N3O. The number of rotatable bonds is 2. The van der Waals surface area contributed by atoms with Crippen molar-refractivity contribution in [3.63, 3.8) is 0 Å². The minimum Gasteiger partial charge on any atom is -0.366 e. The molecule has 1 amide bonds. The van der Waals surface area contributed by atoms with Crippen LogP contribution in [0.25, 0.3) is 33.1 Å². The Morgan fingerprint density at radius 3 is 2.77 bits per heavy atom. The van der Waals surface area contributed by atoms with Gasteiger partial charge in [0.15, 0.2) is 0 Å². The van der Waals surface area contributed by atoms with E-state index in [1.54, 1.807) is 6.07 Å². The zero-order valence-electron chi connectivity index (χ0n) is 11.7. The van der Waals surface area contributed by atoms with Crippen LogP contribution >= 0.6 is 0 Å². The zero-order chi connectivity index (χ0) is 15.1. The second-order valence-corrected chi connectivity index (χ2v) is 5.23. The Kier molecular flexibility index (Phi) is 2.69. The topological polar surface area (TPSA) is 71.8 Å². The highest BCUT2D eigenvalue weighted by molar-refractivity contribution is 6.07. The third-order valence-electron chi connectivity index (χ3n) is 3.83. The molecule has 4 heteroatoms. The number of H-pyrrole nitrogens is 1. The van der Waals surface area contributed by atoms with E-state index >= 15 is 0 Å². The summed E-state index contributed by atoms with van der Waals surface area (Å²) in [6.45, 7) is 0. The molecular weight excluding hydrogens is 274 g/mol. The molecule has 2 aromatic heterocycles. The summed E-state index contributed by atoms with van der Waals surface area (Å²) in [5.74, 6) is -0.423. The summed E-state index contributed by atoms with van der Waals surface area (Å²) in [7, 11) is 0. The quantitative estimate of drug-likeness (QED) is 0.592.